The standard InChI is InChI=1S/C29H37N5O4/c1-17-5-3-6-21(19-11-12-31-26(19)35)29(15-17,16-30)34-28(37)23(13-18-9-10-18)33-27(36)24-14-20-22(32-24)7-4-8-25(20)38-2/h4,7-8,14,17-19,21,23,32H,3,5-6,9-13,15H2,1-2H3,(H,31,35)(H,33,36)(H,34,37)/t17-,19-,21-,23-,29+/m0/s1. The highest BCUT2D eigenvalue weighted by Gasteiger charge is 2.50. The Hall–Kier alpha value is -3.54. The van der Waals surface area contributed by atoms with Crippen LogP contribution in [0.4, 0.5) is 0 Å². The molecule has 1 aromatic carbocycles. The summed E-state index contributed by atoms with van der Waals surface area (Å²) in [5.41, 5.74) is -0.0386. The monoisotopic (exact) mass is 519 g/mol. The van der Waals surface area contributed by atoms with E-state index < -0.39 is 11.6 Å². The first-order valence-corrected chi connectivity index (χ1v) is 13.8. The molecule has 3 amide bonds. The number of aromatic amines is 1. The Bertz CT molecular complexity index is 1260. The number of ether oxygens (including phenoxy) is 1. The predicted molar refractivity (Wildman–Crippen MR) is 142 cm³/mol. The van der Waals surface area contributed by atoms with Gasteiger partial charge in [0, 0.05) is 29.3 Å². The molecule has 3 aliphatic rings. The van der Waals surface area contributed by atoms with Gasteiger partial charge in [0.2, 0.25) is 11.8 Å². The number of H-pyrrole nitrogens is 1. The van der Waals surface area contributed by atoms with Crippen LogP contribution in [0.1, 0.15) is 68.8 Å². The summed E-state index contributed by atoms with van der Waals surface area (Å²) in [7, 11) is 1.58. The van der Waals surface area contributed by atoms with Crippen molar-refractivity contribution in [2.24, 2.45) is 23.7 Å². The molecule has 9 nitrogen and oxygen atoms in total. The van der Waals surface area contributed by atoms with Crippen molar-refractivity contribution in [3.63, 3.8) is 0 Å². The van der Waals surface area contributed by atoms with E-state index in [1.165, 1.54) is 0 Å². The third-order valence-electron chi connectivity index (χ3n) is 8.61. The first-order valence-electron chi connectivity index (χ1n) is 13.8. The second kappa shape index (κ2) is 10.7. The molecular weight excluding hydrogens is 482 g/mol. The van der Waals surface area contributed by atoms with Crippen LogP contribution in [0.2, 0.25) is 0 Å². The zero-order valence-corrected chi connectivity index (χ0v) is 22.1. The fraction of sp³-hybridized carbons (Fsp3) is 0.586. The van der Waals surface area contributed by atoms with Crippen LogP contribution in [0.15, 0.2) is 24.3 Å². The predicted octanol–water partition coefficient (Wildman–Crippen LogP) is 3.42. The van der Waals surface area contributed by atoms with E-state index in [2.05, 4.69) is 33.9 Å². The fourth-order valence-electron chi connectivity index (χ4n) is 6.47. The lowest BCUT2D eigenvalue weighted by Crippen LogP contribution is -2.60. The number of hydrogen-bond acceptors (Lipinski definition) is 5. The highest BCUT2D eigenvalue weighted by molar-refractivity contribution is 6.01. The molecule has 1 aliphatic heterocycles. The first kappa shape index (κ1) is 26.1. The second-order valence-electron chi connectivity index (χ2n) is 11.4. The molecule has 0 unspecified atom stereocenters. The van der Waals surface area contributed by atoms with Crippen molar-refractivity contribution < 1.29 is 19.1 Å². The summed E-state index contributed by atoms with van der Waals surface area (Å²) in [5.74, 6) is -0.0472. The lowest BCUT2D eigenvalue weighted by atomic mass is 9.71. The van der Waals surface area contributed by atoms with Crippen LogP contribution in [0.25, 0.3) is 10.9 Å². The molecule has 2 saturated carbocycles. The number of hydrogen-bond donors (Lipinski definition) is 4. The zero-order chi connectivity index (χ0) is 26.9. The maximum atomic E-state index is 13.8. The van der Waals surface area contributed by atoms with E-state index in [0.29, 0.717) is 49.6 Å². The molecule has 5 atom stereocenters. The van der Waals surface area contributed by atoms with Crippen molar-refractivity contribution >= 4 is 28.6 Å². The number of fused-ring (bicyclic) bond motifs is 1. The van der Waals surface area contributed by atoms with Crippen molar-refractivity contribution in [3.8, 4) is 11.8 Å². The molecule has 0 bridgehead atoms. The van der Waals surface area contributed by atoms with E-state index in [4.69, 9.17) is 4.74 Å². The maximum Gasteiger partial charge on any atom is 0.268 e. The third-order valence-corrected chi connectivity index (χ3v) is 8.61. The number of nitriles is 1. The molecule has 2 aliphatic carbocycles. The number of carbonyl (C=O) groups excluding carboxylic acids is 3. The molecule has 2 heterocycles. The first-order chi connectivity index (χ1) is 18.3. The van der Waals surface area contributed by atoms with Gasteiger partial charge in [-0.2, -0.15) is 5.26 Å². The van der Waals surface area contributed by atoms with E-state index in [1.54, 1.807) is 13.2 Å². The molecule has 38 heavy (non-hydrogen) atoms. The Morgan fingerprint density at radius 3 is 2.74 bits per heavy atom. The minimum Gasteiger partial charge on any atom is -0.496 e. The van der Waals surface area contributed by atoms with Crippen molar-refractivity contribution in [1.29, 1.82) is 5.26 Å². The number of nitrogens with zero attached hydrogens (tertiary/aromatic N) is 1. The third kappa shape index (κ3) is 5.22. The van der Waals surface area contributed by atoms with E-state index in [1.807, 2.05) is 18.2 Å². The van der Waals surface area contributed by atoms with Gasteiger partial charge < -0.3 is 25.7 Å². The van der Waals surface area contributed by atoms with Gasteiger partial charge in [0.1, 0.15) is 23.0 Å². The zero-order valence-electron chi connectivity index (χ0n) is 22.1. The molecule has 202 valence electrons. The molecule has 4 N–H and O–H groups in total. The smallest absolute Gasteiger partial charge is 0.268 e. The summed E-state index contributed by atoms with van der Waals surface area (Å²) in [6.45, 7) is 2.70. The number of carbonyl (C=O) groups is 3. The Kier molecular flexibility index (Phi) is 7.33. The van der Waals surface area contributed by atoms with Gasteiger partial charge in [0.05, 0.1) is 13.2 Å². The SMILES string of the molecule is COc1cccc2[nH]c(C(=O)N[C@@H](CC3CC3)C(=O)N[C@@]3(C#N)C[C@@H](C)CCC[C@H]3[C@@H]3CCNC3=O)cc12. The number of rotatable bonds is 8. The Morgan fingerprint density at radius 2 is 2.05 bits per heavy atom. The van der Waals surface area contributed by atoms with Gasteiger partial charge in [0.25, 0.3) is 5.91 Å². The molecule has 5 rings (SSSR count). The Balaban J connectivity index is 1.39. The maximum absolute atomic E-state index is 13.8. The summed E-state index contributed by atoms with van der Waals surface area (Å²) in [5, 5.41) is 20.3. The van der Waals surface area contributed by atoms with Crippen LogP contribution >= 0.6 is 0 Å². The fourth-order valence-corrected chi connectivity index (χ4v) is 6.47. The largest absolute Gasteiger partial charge is 0.496 e. The number of nitrogens with one attached hydrogen (secondary N) is 4. The number of benzene rings is 1. The minimum atomic E-state index is -1.15. The van der Waals surface area contributed by atoms with Crippen molar-refractivity contribution in [3.05, 3.63) is 30.0 Å². The van der Waals surface area contributed by atoms with Crippen LogP contribution in [0.3, 0.4) is 0 Å². The summed E-state index contributed by atoms with van der Waals surface area (Å²) in [6, 6.07) is 8.96. The molecule has 3 fully saturated rings. The number of amides is 3. The molecule has 1 saturated heterocycles. The Morgan fingerprint density at radius 1 is 1.24 bits per heavy atom. The molecule has 2 aromatic rings. The lowest BCUT2D eigenvalue weighted by Gasteiger charge is -2.39. The van der Waals surface area contributed by atoms with Crippen LogP contribution in [-0.4, -0.2) is 47.9 Å². The van der Waals surface area contributed by atoms with E-state index >= 15 is 0 Å². The highest BCUT2D eigenvalue weighted by atomic mass is 16.5. The molecule has 1 aromatic heterocycles. The van der Waals surface area contributed by atoms with Gasteiger partial charge in [-0.1, -0.05) is 38.7 Å². The summed E-state index contributed by atoms with van der Waals surface area (Å²) < 4.78 is 5.41. The summed E-state index contributed by atoms with van der Waals surface area (Å²) >= 11 is 0. The number of aromatic nitrogens is 1. The van der Waals surface area contributed by atoms with E-state index in [-0.39, 0.29) is 35.5 Å². The van der Waals surface area contributed by atoms with Gasteiger partial charge in [0.15, 0.2) is 0 Å². The summed E-state index contributed by atoms with van der Waals surface area (Å²) in [6.07, 6.45) is 6.32. The van der Waals surface area contributed by atoms with Crippen LogP contribution in [0.5, 0.6) is 5.75 Å². The van der Waals surface area contributed by atoms with Gasteiger partial charge in [-0.15, -0.1) is 0 Å². The number of methoxy groups -OCH3 is 1. The average Bonchev–Trinajstić information content (AvgIpc) is 3.50. The molecule has 9 heteroatoms. The van der Waals surface area contributed by atoms with Crippen molar-refractivity contribution in [1.82, 2.24) is 20.9 Å². The average molecular weight is 520 g/mol. The van der Waals surface area contributed by atoms with Crippen LogP contribution in [0, 0.1) is 35.0 Å². The van der Waals surface area contributed by atoms with Gasteiger partial charge in [-0.25, -0.2) is 0 Å². The summed E-state index contributed by atoms with van der Waals surface area (Å²) in [4.78, 5) is 42.9. The van der Waals surface area contributed by atoms with Crippen molar-refractivity contribution in [2.75, 3.05) is 13.7 Å². The lowest BCUT2D eigenvalue weighted by molar-refractivity contribution is -0.128. The molecule has 0 spiro atoms. The minimum absolute atomic E-state index is 0.0319. The van der Waals surface area contributed by atoms with Gasteiger partial charge >= 0.3 is 0 Å². The van der Waals surface area contributed by atoms with Crippen molar-refractivity contribution in [2.45, 2.75) is 69.9 Å². The molecular formula is C29H37N5O4. The topological polar surface area (TPSA) is 136 Å². The van der Waals surface area contributed by atoms with Crippen LogP contribution in [-0.2, 0) is 9.59 Å². The normalized spacial score (nSPS) is 28.1. The Labute approximate surface area is 223 Å². The van der Waals surface area contributed by atoms with Crippen LogP contribution < -0.4 is 20.7 Å². The molecule has 0 radical (unpaired) electrons. The van der Waals surface area contributed by atoms with E-state index in [9.17, 15) is 19.6 Å². The van der Waals surface area contributed by atoms with E-state index in [0.717, 1.165) is 36.6 Å². The highest BCUT2D eigenvalue weighted by Crippen LogP contribution is 2.42. The van der Waals surface area contributed by atoms with Gasteiger partial charge in [-0.05, 0) is 55.7 Å². The second-order valence-corrected chi connectivity index (χ2v) is 11.4. The quantitative estimate of drug-likeness (QED) is 0.396. The van der Waals surface area contributed by atoms with Gasteiger partial charge in [-0.3, -0.25) is 14.4 Å².